The van der Waals surface area contributed by atoms with E-state index < -0.39 is 0 Å². The van der Waals surface area contributed by atoms with Crippen molar-refractivity contribution in [1.29, 1.82) is 0 Å². The van der Waals surface area contributed by atoms with Crippen LogP contribution in [0.3, 0.4) is 0 Å². The van der Waals surface area contributed by atoms with Crippen LogP contribution in [0.4, 0.5) is 5.13 Å². The average molecular weight is 436 g/mol. The molecule has 1 amide bonds. The first-order valence-electron chi connectivity index (χ1n) is 10.6. The van der Waals surface area contributed by atoms with Crippen molar-refractivity contribution in [2.75, 3.05) is 19.0 Å². The van der Waals surface area contributed by atoms with E-state index in [-0.39, 0.29) is 11.3 Å². The number of hydrogen-bond donors (Lipinski definition) is 1. The number of methoxy groups -OCH3 is 1. The highest BCUT2D eigenvalue weighted by atomic mass is 32.1. The number of aromatic nitrogens is 1. The molecule has 1 aliphatic rings. The third-order valence-electron chi connectivity index (χ3n) is 5.68. The van der Waals surface area contributed by atoms with Crippen LogP contribution in [0.2, 0.25) is 0 Å². The standard InChI is InChI=1S/C25H29N3O2S/c1-25(2,3)20-8-5-17(6-9-20)23(29)27-24-26-21(16-31-24)15-28-12-11-18-13-22(30-4)10-7-19(18)14-28/h5-10,13,16H,11-12,14-15H2,1-4H3,(H,26,27,29). The lowest BCUT2D eigenvalue weighted by molar-refractivity contribution is 0.102. The minimum absolute atomic E-state index is 0.0697. The van der Waals surface area contributed by atoms with Gasteiger partial charge in [0.1, 0.15) is 5.75 Å². The Labute approximate surface area is 188 Å². The second-order valence-corrected chi connectivity index (χ2v) is 9.88. The van der Waals surface area contributed by atoms with Gasteiger partial charge in [-0.1, -0.05) is 39.0 Å². The predicted molar refractivity (Wildman–Crippen MR) is 126 cm³/mol. The Morgan fingerprint density at radius 2 is 1.94 bits per heavy atom. The molecule has 31 heavy (non-hydrogen) atoms. The van der Waals surface area contributed by atoms with Crippen molar-refractivity contribution >= 4 is 22.4 Å². The summed E-state index contributed by atoms with van der Waals surface area (Å²) in [5, 5.41) is 5.61. The molecule has 2 heterocycles. The monoisotopic (exact) mass is 435 g/mol. The number of ether oxygens (including phenoxy) is 1. The van der Waals surface area contributed by atoms with Gasteiger partial charge in [0.25, 0.3) is 5.91 Å². The molecule has 2 aromatic carbocycles. The Hall–Kier alpha value is -2.70. The molecular weight excluding hydrogens is 406 g/mol. The third kappa shape index (κ3) is 5.14. The molecule has 0 aliphatic carbocycles. The number of amides is 1. The van der Waals surface area contributed by atoms with E-state index >= 15 is 0 Å². The number of nitrogens with one attached hydrogen (secondary N) is 1. The van der Waals surface area contributed by atoms with E-state index in [9.17, 15) is 4.79 Å². The molecule has 0 saturated heterocycles. The number of nitrogens with zero attached hydrogens (tertiary/aromatic N) is 2. The van der Waals surface area contributed by atoms with Crippen LogP contribution in [0.15, 0.2) is 47.8 Å². The lowest BCUT2D eigenvalue weighted by Crippen LogP contribution is -2.30. The second-order valence-electron chi connectivity index (χ2n) is 9.02. The van der Waals surface area contributed by atoms with Crippen molar-refractivity contribution in [3.8, 4) is 5.75 Å². The van der Waals surface area contributed by atoms with Gasteiger partial charge in [-0.05, 0) is 52.8 Å². The summed E-state index contributed by atoms with van der Waals surface area (Å²) in [5.74, 6) is 0.794. The molecule has 1 aromatic heterocycles. The van der Waals surface area contributed by atoms with Gasteiger partial charge in [-0.25, -0.2) is 4.98 Å². The summed E-state index contributed by atoms with van der Waals surface area (Å²) in [6.07, 6.45) is 1.00. The fraction of sp³-hybridized carbons (Fsp3) is 0.360. The highest BCUT2D eigenvalue weighted by Gasteiger charge is 2.19. The van der Waals surface area contributed by atoms with Gasteiger partial charge in [0.15, 0.2) is 5.13 Å². The molecule has 162 valence electrons. The van der Waals surface area contributed by atoms with E-state index in [0.717, 1.165) is 37.5 Å². The number of hydrogen-bond acceptors (Lipinski definition) is 5. The predicted octanol–water partition coefficient (Wildman–Crippen LogP) is 5.26. The van der Waals surface area contributed by atoms with Gasteiger partial charge in [0.2, 0.25) is 0 Å². The molecule has 1 aliphatic heterocycles. The molecule has 0 atom stereocenters. The first-order valence-corrected chi connectivity index (χ1v) is 11.4. The van der Waals surface area contributed by atoms with Crippen LogP contribution in [0.5, 0.6) is 5.75 Å². The van der Waals surface area contributed by atoms with Gasteiger partial charge in [0.05, 0.1) is 12.8 Å². The van der Waals surface area contributed by atoms with Gasteiger partial charge >= 0.3 is 0 Å². The number of carbonyl (C=O) groups excluding carboxylic acids is 1. The van der Waals surface area contributed by atoms with Crippen molar-refractivity contribution in [1.82, 2.24) is 9.88 Å². The summed E-state index contributed by atoms with van der Waals surface area (Å²) in [6, 6.07) is 14.1. The van der Waals surface area contributed by atoms with Gasteiger partial charge in [-0.15, -0.1) is 11.3 Å². The summed E-state index contributed by atoms with van der Waals surface area (Å²) < 4.78 is 5.33. The highest BCUT2D eigenvalue weighted by Crippen LogP contribution is 2.26. The van der Waals surface area contributed by atoms with E-state index in [2.05, 4.69) is 48.1 Å². The fourth-order valence-corrected chi connectivity index (χ4v) is 4.50. The Bertz CT molecular complexity index is 1070. The molecule has 0 unspecified atom stereocenters. The van der Waals surface area contributed by atoms with Crippen molar-refractivity contribution in [3.63, 3.8) is 0 Å². The smallest absolute Gasteiger partial charge is 0.257 e. The minimum Gasteiger partial charge on any atom is -0.497 e. The van der Waals surface area contributed by atoms with Crippen LogP contribution in [0.25, 0.3) is 0 Å². The quantitative estimate of drug-likeness (QED) is 0.594. The van der Waals surface area contributed by atoms with Crippen LogP contribution in [0.1, 0.15) is 53.5 Å². The normalized spacial score (nSPS) is 14.2. The van der Waals surface area contributed by atoms with Crippen LogP contribution < -0.4 is 10.1 Å². The highest BCUT2D eigenvalue weighted by molar-refractivity contribution is 7.14. The maximum Gasteiger partial charge on any atom is 0.257 e. The molecule has 3 aromatic rings. The SMILES string of the molecule is COc1ccc2c(c1)CCN(Cc1csc(NC(=O)c3ccc(C(C)(C)C)cc3)n1)C2. The van der Waals surface area contributed by atoms with Crippen LogP contribution in [-0.2, 0) is 24.9 Å². The number of benzene rings is 2. The molecular formula is C25H29N3O2S. The lowest BCUT2D eigenvalue weighted by atomic mass is 9.87. The van der Waals surface area contributed by atoms with Gasteiger partial charge in [0, 0.05) is 30.6 Å². The Morgan fingerprint density at radius 1 is 1.16 bits per heavy atom. The van der Waals surface area contributed by atoms with Crippen LogP contribution >= 0.6 is 11.3 Å². The van der Waals surface area contributed by atoms with Crippen LogP contribution in [-0.4, -0.2) is 29.4 Å². The molecule has 6 heteroatoms. The molecule has 0 bridgehead atoms. The molecule has 5 nitrogen and oxygen atoms in total. The van der Waals surface area contributed by atoms with Crippen molar-refractivity contribution in [2.45, 2.75) is 45.7 Å². The Kier molecular flexibility index (Phi) is 6.12. The van der Waals surface area contributed by atoms with Crippen LogP contribution in [0, 0.1) is 0 Å². The number of anilines is 1. The third-order valence-corrected chi connectivity index (χ3v) is 6.48. The van der Waals surface area contributed by atoms with E-state index in [1.54, 1.807) is 7.11 Å². The minimum atomic E-state index is -0.123. The summed E-state index contributed by atoms with van der Waals surface area (Å²) in [7, 11) is 1.70. The van der Waals surface area contributed by atoms with E-state index in [4.69, 9.17) is 4.74 Å². The number of fused-ring (bicyclic) bond motifs is 1. The van der Waals surface area contributed by atoms with Gasteiger partial charge < -0.3 is 4.74 Å². The average Bonchev–Trinajstić information content (AvgIpc) is 3.19. The summed E-state index contributed by atoms with van der Waals surface area (Å²) >= 11 is 1.47. The molecule has 0 radical (unpaired) electrons. The van der Waals surface area contributed by atoms with E-state index in [0.29, 0.717) is 10.7 Å². The molecule has 0 fully saturated rings. The maximum absolute atomic E-state index is 12.6. The Balaban J connectivity index is 1.35. The lowest BCUT2D eigenvalue weighted by Gasteiger charge is -2.28. The summed E-state index contributed by atoms with van der Waals surface area (Å²) in [4.78, 5) is 19.6. The molecule has 4 rings (SSSR count). The van der Waals surface area contributed by atoms with Crippen molar-refractivity contribution < 1.29 is 9.53 Å². The zero-order valence-electron chi connectivity index (χ0n) is 18.6. The van der Waals surface area contributed by atoms with Gasteiger partial charge in [-0.3, -0.25) is 15.0 Å². The maximum atomic E-state index is 12.6. The first kappa shape index (κ1) is 21.5. The second kappa shape index (κ2) is 8.81. The van der Waals surface area contributed by atoms with Crippen molar-refractivity contribution in [2.24, 2.45) is 0 Å². The van der Waals surface area contributed by atoms with E-state index in [1.807, 2.05) is 35.7 Å². The topological polar surface area (TPSA) is 54.5 Å². The number of thiazole rings is 1. The Morgan fingerprint density at radius 3 is 2.65 bits per heavy atom. The largest absolute Gasteiger partial charge is 0.497 e. The number of rotatable bonds is 5. The zero-order valence-corrected chi connectivity index (χ0v) is 19.4. The van der Waals surface area contributed by atoms with Crippen molar-refractivity contribution in [3.05, 3.63) is 75.8 Å². The molecule has 0 saturated carbocycles. The zero-order chi connectivity index (χ0) is 22.0. The van der Waals surface area contributed by atoms with Gasteiger partial charge in [-0.2, -0.15) is 0 Å². The number of carbonyl (C=O) groups is 1. The molecule has 0 spiro atoms. The summed E-state index contributed by atoms with van der Waals surface area (Å²) in [5.41, 5.74) is 5.62. The fourth-order valence-electron chi connectivity index (χ4n) is 3.81. The van der Waals surface area contributed by atoms with E-state index in [1.165, 1.54) is 28.0 Å². The summed E-state index contributed by atoms with van der Waals surface area (Å²) in [6.45, 7) is 9.15. The molecule has 1 N–H and O–H groups in total. The first-order chi connectivity index (χ1) is 14.8.